The van der Waals surface area contributed by atoms with Crippen LogP contribution < -0.4 is 10.5 Å². The van der Waals surface area contributed by atoms with Gasteiger partial charge in [0, 0.05) is 47.0 Å². The molecule has 1 atom stereocenters. The van der Waals surface area contributed by atoms with Gasteiger partial charge in [0.05, 0.1) is 28.6 Å². The quantitative estimate of drug-likeness (QED) is 0.225. The molecule has 6 rings (SSSR count). The van der Waals surface area contributed by atoms with E-state index in [0.717, 1.165) is 38.8 Å². The highest BCUT2D eigenvalue weighted by Gasteiger charge is 2.31. The van der Waals surface area contributed by atoms with Crippen LogP contribution in [0.1, 0.15) is 43.4 Å². The highest BCUT2D eigenvalue weighted by atomic mass is 35.5. The van der Waals surface area contributed by atoms with Gasteiger partial charge in [-0.2, -0.15) is 10.4 Å². The van der Waals surface area contributed by atoms with E-state index in [1.807, 2.05) is 62.4 Å². The first kappa shape index (κ1) is 29.2. The Kier molecular flexibility index (Phi) is 7.52. The lowest BCUT2D eigenvalue weighted by molar-refractivity contribution is -0.126. The third-order valence-corrected chi connectivity index (χ3v) is 8.96. The second kappa shape index (κ2) is 11.3. The number of nitrogens with zero attached hydrogens (tertiary/aromatic N) is 5. The van der Waals surface area contributed by atoms with Crippen molar-refractivity contribution >= 4 is 45.0 Å². The summed E-state index contributed by atoms with van der Waals surface area (Å²) in [5.41, 5.74) is 6.13. The molecule has 1 aliphatic rings. The second-order valence-corrected chi connectivity index (χ2v) is 12.1. The van der Waals surface area contributed by atoms with Gasteiger partial charge in [-0.25, -0.2) is 0 Å². The fourth-order valence-corrected chi connectivity index (χ4v) is 6.76. The summed E-state index contributed by atoms with van der Waals surface area (Å²) in [4.78, 5) is 30.7. The van der Waals surface area contributed by atoms with Gasteiger partial charge in [-0.3, -0.25) is 19.3 Å². The molecule has 1 aliphatic heterocycles. The molecule has 8 nitrogen and oxygen atoms in total. The van der Waals surface area contributed by atoms with E-state index in [9.17, 15) is 14.9 Å². The summed E-state index contributed by atoms with van der Waals surface area (Å²) in [5.74, 6) is -0.0124. The zero-order valence-electron chi connectivity index (χ0n) is 25.2. The maximum atomic E-state index is 14.5. The number of hydrogen-bond donors (Lipinski definition) is 1. The number of halogens is 1. The Balaban J connectivity index is 1.71. The van der Waals surface area contributed by atoms with Crippen molar-refractivity contribution in [3.63, 3.8) is 0 Å². The smallest absolute Gasteiger partial charge is 0.275 e. The highest BCUT2D eigenvalue weighted by molar-refractivity contribution is 6.35. The van der Waals surface area contributed by atoms with Gasteiger partial charge in [-0.05, 0) is 66.8 Å². The molecule has 0 bridgehead atoms. The van der Waals surface area contributed by atoms with Crippen molar-refractivity contribution in [2.75, 3.05) is 24.5 Å². The summed E-state index contributed by atoms with van der Waals surface area (Å²) in [6.45, 7) is 13.1. The predicted molar refractivity (Wildman–Crippen MR) is 177 cm³/mol. The minimum absolute atomic E-state index is 0.0448. The molecule has 0 radical (unpaired) electrons. The van der Waals surface area contributed by atoms with Crippen molar-refractivity contribution in [2.45, 2.75) is 39.7 Å². The fraction of sp³-hybridized carbons (Fsp3) is 0.257. The first-order valence-corrected chi connectivity index (χ1v) is 15.1. The lowest BCUT2D eigenvalue weighted by atomic mass is 9.94. The molecule has 2 aromatic heterocycles. The zero-order valence-corrected chi connectivity index (χ0v) is 25.9. The monoisotopic (exact) mass is 604 g/mol. The summed E-state index contributed by atoms with van der Waals surface area (Å²) in [6, 6.07) is 17.7. The molecule has 1 fully saturated rings. The number of nitrogens with one attached hydrogen (secondary N) is 1. The lowest BCUT2D eigenvalue weighted by Crippen LogP contribution is -2.54. The summed E-state index contributed by atoms with van der Waals surface area (Å²) >= 11 is 7.14. The van der Waals surface area contributed by atoms with E-state index in [1.165, 1.54) is 6.08 Å². The third kappa shape index (κ3) is 4.65. The Hall–Kier alpha value is -4.87. The molecule has 9 heteroatoms. The van der Waals surface area contributed by atoms with Crippen molar-refractivity contribution in [1.29, 1.82) is 5.26 Å². The number of aromatic nitrogens is 3. The maximum Gasteiger partial charge on any atom is 0.275 e. The summed E-state index contributed by atoms with van der Waals surface area (Å²) in [6.07, 6.45) is 3.10. The van der Waals surface area contributed by atoms with Crippen LogP contribution in [0.15, 0.2) is 72.2 Å². The van der Waals surface area contributed by atoms with Crippen LogP contribution in [0.2, 0.25) is 5.02 Å². The van der Waals surface area contributed by atoms with Crippen molar-refractivity contribution in [3.05, 3.63) is 99.4 Å². The molecule has 1 saturated heterocycles. The first-order chi connectivity index (χ1) is 21.2. The molecule has 3 heterocycles. The van der Waals surface area contributed by atoms with Gasteiger partial charge >= 0.3 is 0 Å². The van der Waals surface area contributed by atoms with E-state index in [1.54, 1.807) is 15.7 Å². The molecule has 222 valence electrons. The predicted octanol–water partition coefficient (Wildman–Crippen LogP) is 6.71. The van der Waals surface area contributed by atoms with Crippen molar-refractivity contribution in [2.24, 2.45) is 0 Å². The molecule has 0 unspecified atom stereocenters. The molecule has 44 heavy (non-hydrogen) atoms. The Morgan fingerprint density at radius 1 is 1.18 bits per heavy atom. The molecule has 0 spiro atoms. The number of amides is 1. The normalized spacial score (nSPS) is 15.2. The largest absolute Gasteiger partial charge is 0.363 e. The lowest BCUT2D eigenvalue weighted by Gasteiger charge is -2.41. The van der Waals surface area contributed by atoms with E-state index < -0.39 is 5.56 Å². The number of nitriles is 1. The van der Waals surface area contributed by atoms with Gasteiger partial charge in [0.25, 0.3) is 5.56 Å². The van der Waals surface area contributed by atoms with Crippen LogP contribution in [0.3, 0.4) is 0 Å². The number of aryl methyl sites for hydroxylation is 1. The van der Waals surface area contributed by atoms with Crippen molar-refractivity contribution in [1.82, 2.24) is 19.7 Å². The number of rotatable bonds is 5. The average molecular weight is 605 g/mol. The number of aromatic amines is 1. The SMILES string of the molecule is C=CC(=O)N1CCN(c2c(C#N)c(=O)n(-c3ccccc3C(C)C)c3cc(-c4c(C)ccc5[nH]ncc45)c(Cl)cc23)[C@H](C)C1. The summed E-state index contributed by atoms with van der Waals surface area (Å²) < 4.78 is 1.67. The van der Waals surface area contributed by atoms with Crippen LogP contribution in [0.4, 0.5) is 5.69 Å². The van der Waals surface area contributed by atoms with Crippen LogP contribution in [-0.2, 0) is 4.79 Å². The third-order valence-electron chi connectivity index (χ3n) is 8.65. The summed E-state index contributed by atoms with van der Waals surface area (Å²) in [7, 11) is 0. The first-order valence-electron chi connectivity index (χ1n) is 14.7. The van der Waals surface area contributed by atoms with Gasteiger partial charge in [0.15, 0.2) is 0 Å². The molecule has 1 amide bonds. The maximum absolute atomic E-state index is 14.5. The number of para-hydroxylation sites is 1. The number of fused-ring (bicyclic) bond motifs is 2. The van der Waals surface area contributed by atoms with Crippen molar-refractivity contribution in [3.8, 4) is 22.9 Å². The Bertz CT molecular complexity index is 2070. The molecule has 1 N–H and O–H groups in total. The number of anilines is 1. The van der Waals surface area contributed by atoms with Gasteiger partial charge in [0.1, 0.15) is 11.6 Å². The van der Waals surface area contributed by atoms with E-state index in [2.05, 4.69) is 41.6 Å². The van der Waals surface area contributed by atoms with Crippen LogP contribution in [0, 0.1) is 18.3 Å². The minimum Gasteiger partial charge on any atom is -0.363 e. The number of carbonyl (C=O) groups is 1. The molecule has 0 aliphatic carbocycles. The molecule has 0 saturated carbocycles. The van der Waals surface area contributed by atoms with Crippen molar-refractivity contribution < 1.29 is 4.79 Å². The van der Waals surface area contributed by atoms with Gasteiger partial charge in [0.2, 0.25) is 5.91 Å². The minimum atomic E-state index is -0.397. The standard InChI is InChI=1S/C35H33ClN6O2/c1-6-32(43)40-13-14-41(22(5)19-40)34-25-15-28(36)24(33-21(4)11-12-29-27(33)18-38-39-29)16-31(25)42(35(44)26(34)17-37)30-10-8-7-9-23(30)20(2)3/h6-12,15-16,18,20,22H,1,13-14,19H2,2-5H3,(H,38,39)/t22-/m1/s1. The van der Waals surface area contributed by atoms with Gasteiger partial charge in [-0.1, -0.05) is 56.3 Å². The molecular weight excluding hydrogens is 572 g/mol. The summed E-state index contributed by atoms with van der Waals surface area (Å²) in [5, 5.41) is 19.9. The Morgan fingerprint density at radius 3 is 2.66 bits per heavy atom. The topological polar surface area (TPSA) is 98.0 Å². The number of pyridine rings is 1. The van der Waals surface area contributed by atoms with Crippen LogP contribution in [0.5, 0.6) is 0 Å². The van der Waals surface area contributed by atoms with Crippen LogP contribution in [-0.4, -0.2) is 51.2 Å². The number of hydrogen-bond acceptors (Lipinski definition) is 5. The Morgan fingerprint density at radius 2 is 1.95 bits per heavy atom. The highest BCUT2D eigenvalue weighted by Crippen LogP contribution is 2.42. The van der Waals surface area contributed by atoms with Crippen LogP contribution >= 0.6 is 11.6 Å². The van der Waals surface area contributed by atoms with E-state index in [0.29, 0.717) is 41.2 Å². The van der Waals surface area contributed by atoms with E-state index in [4.69, 9.17) is 11.6 Å². The second-order valence-electron chi connectivity index (χ2n) is 11.7. The average Bonchev–Trinajstić information content (AvgIpc) is 3.49. The zero-order chi connectivity index (χ0) is 31.3. The number of H-pyrrole nitrogens is 1. The fourth-order valence-electron chi connectivity index (χ4n) is 6.51. The number of carbonyl (C=O) groups excluding carboxylic acids is 1. The molecule has 5 aromatic rings. The molecular formula is C35H33ClN6O2. The number of benzene rings is 3. The number of piperazine rings is 1. The Labute approximate surface area is 260 Å². The van der Waals surface area contributed by atoms with Gasteiger partial charge < -0.3 is 9.80 Å². The van der Waals surface area contributed by atoms with E-state index >= 15 is 0 Å². The van der Waals surface area contributed by atoms with Gasteiger partial charge in [-0.15, -0.1) is 0 Å². The van der Waals surface area contributed by atoms with E-state index in [-0.39, 0.29) is 23.4 Å². The van der Waals surface area contributed by atoms with Crippen LogP contribution in [0.25, 0.3) is 38.6 Å². The molecule has 3 aromatic carbocycles.